The van der Waals surface area contributed by atoms with E-state index in [1.165, 1.54) is 5.56 Å². The summed E-state index contributed by atoms with van der Waals surface area (Å²) in [6, 6.07) is 22.0. The maximum Gasteiger partial charge on any atom is 0.183 e. The van der Waals surface area contributed by atoms with E-state index in [0.29, 0.717) is 10.8 Å². The Morgan fingerprint density at radius 2 is 1.55 bits per heavy atom. The van der Waals surface area contributed by atoms with Crippen molar-refractivity contribution in [1.82, 2.24) is 0 Å². The molecule has 2 aromatic carbocycles. The van der Waals surface area contributed by atoms with E-state index in [-0.39, 0.29) is 5.75 Å². The molecule has 2 nitrogen and oxygen atoms in total. The summed E-state index contributed by atoms with van der Waals surface area (Å²) in [4.78, 5) is 0.446. The minimum absolute atomic E-state index is 0.00198. The maximum absolute atomic E-state index is 13.5. The van der Waals surface area contributed by atoms with Gasteiger partial charge >= 0.3 is 0 Å². The molecule has 0 saturated carbocycles. The smallest absolute Gasteiger partial charge is 0.183 e. The Morgan fingerprint density at radius 3 is 2.31 bits per heavy atom. The molecule has 0 spiro atoms. The lowest BCUT2D eigenvalue weighted by molar-refractivity contribution is 0.596. The Kier molecular flexibility index (Phi) is 4.95. The zero-order valence-corrected chi connectivity index (χ0v) is 18.2. The molecule has 0 aromatic heterocycles. The van der Waals surface area contributed by atoms with Gasteiger partial charge in [0.15, 0.2) is 9.84 Å². The summed E-state index contributed by atoms with van der Waals surface area (Å²) in [5, 5.41) is 2.06. The highest BCUT2D eigenvalue weighted by Crippen LogP contribution is 2.40. The standard InChI is InChI=1S/C26H26O2S/c1-17(2)21-13-12-18(3)26-24(15-21)19(4)14-25(26)29(27,28)16-22-10-7-9-20-8-5-6-11-23(20)22/h5-15,17H,16H2,1-4H3. The van der Waals surface area contributed by atoms with Crippen LogP contribution in [0.3, 0.4) is 0 Å². The van der Waals surface area contributed by atoms with Crippen molar-refractivity contribution in [1.29, 1.82) is 0 Å². The molecule has 0 unspecified atom stereocenters. The fourth-order valence-electron chi connectivity index (χ4n) is 4.09. The average molecular weight is 403 g/mol. The lowest BCUT2D eigenvalue weighted by atomic mass is 10.0. The van der Waals surface area contributed by atoms with Crippen LogP contribution >= 0.6 is 0 Å². The van der Waals surface area contributed by atoms with E-state index in [1.54, 1.807) is 0 Å². The average Bonchev–Trinajstić information content (AvgIpc) is 2.91. The van der Waals surface area contributed by atoms with Crippen molar-refractivity contribution in [2.75, 3.05) is 0 Å². The van der Waals surface area contributed by atoms with E-state index in [9.17, 15) is 8.42 Å². The predicted octanol–water partition coefficient (Wildman–Crippen LogP) is 6.66. The molecule has 3 heteroatoms. The molecular formula is C26H26O2S. The third-order valence-electron chi connectivity index (χ3n) is 5.75. The van der Waals surface area contributed by atoms with Gasteiger partial charge in [0.05, 0.1) is 10.6 Å². The largest absolute Gasteiger partial charge is 0.223 e. The van der Waals surface area contributed by atoms with Crippen LogP contribution < -0.4 is 0 Å². The topological polar surface area (TPSA) is 34.1 Å². The minimum atomic E-state index is -3.50. The van der Waals surface area contributed by atoms with Crippen LogP contribution in [0.1, 0.15) is 42.0 Å². The first-order chi connectivity index (χ1) is 13.8. The second-order valence-electron chi connectivity index (χ2n) is 8.19. The highest BCUT2D eigenvalue weighted by atomic mass is 32.2. The van der Waals surface area contributed by atoms with Crippen LogP contribution in [0.2, 0.25) is 0 Å². The molecule has 0 atom stereocenters. The minimum Gasteiger partial charge on any atom is -0.223 e. The molecule has 0 amide bonds. The number of hydrogen-bond acceptors (Lipinski definition) is 2. The predicted molar refractivity (Wildman–Crippen MR) is 121 cm³/mol. The Hall–Kier alpha value is -2.65. The van der Waals surface area contributed by atoms with E-state index >= 15 is 0 Å². The van der Waals surface area contributed by atoms with Gasteiger partial charge in [-0.3, -0.25) is 0 Å². The molecule has 0 heterocycles. The molecule has 2 aromatic rings. The second kappa shape index (κ2) is 7.31. The summed E-state index contributed by atoms with van der Waals surface area (Å²) in [6.07, 6.45) is 0. The molecule has 0 fully saturated rings. The number of aryl methyl sites for hydroxylation is 2. The summed E-state index contributed by atoms with van der Waals surface area (Å²) in [6.45, 7) is 8.32. The van der Waals surface area contributed by atoms with Crippen LogP contribution in [-0.2, 0) is 15.6 Å². The van der Waals surface area contributed by atoms with E-state index in [0.717, 1.165) is 38.6 Å². The van der Waals surface area contributed by atoms with E-state index in [1.807, 2.05) is 68.4 Å². The zero-order chi connectivity index (χ0) is 20.8. The van der Waals surface area contributed by atoms with E-state index in [4.69, 9.17) is 0 Å². The lowest BCUT2D eigenvalue weighted by Gasteiger charge is -2.10. The number of hydrogen-bond donors (Lipinski definition) is 0. The Bertz CT molecular complexity index is 1280. The Morgan fingerprint density at radius 1 is 0.828 bits per heavy atom. The van der Waals surface area contributed by atoms with Crippen LogP contribution in [0.5, 0.6) is 0 Å². The first kappa shape index (κ1) is 19.7. The molecule has 0 saturated heterocycles. The number of benzene rings is 2. The molecule has 2 aliphatic rings. The van der Waals surface area contributed by atoms with Gasteiger partial charge in [-0.25, -0.2) is 8.42 Å². The summed E-state index contributed by atoms with van der Waals surface area (Å²) in [5.74, 6) is 0.386. The van der Waals surface area contributed by atoms with Crippen molar-refractivity contribution >= 4 is 20.6 Å². The first-order valence-electron chi connectivity index (χ1n) is 10.0. The highest BCUT2D eigenvalue weighted by molar-refractivity contribution is 7.90. The number of rotatable bonds is 4. The summed E-state index contributed by atoms with van der Waals surface area (Å²) in [5.41, 5.74) is 5.96. The van der Waals surface area contributed by atoms with Crippen LogP contribution in [0, 0.1) is 13.8 Å². The van der Waals surface area contributed by atoms with Gasteiger partial charge in [0, 0.05) is 5.56 Å². The number of sulfone groups is 1. The number of fused-ring (bicyclic) bond motifs is 2. The monoisotopic (exact) mass is 402 g/mol. The van der Waals surface area contributed by atoms with Gasteiger partial charge in [-0.05, 0) is 64.4 Å². The summed E-state index contributed by atoms with van der Waals surface area (Å²) < 4.78 is 27.1. The van der Waals surface area contributed by atoms with Crippen molar-refractivity contribution < 1.29 is 8.42 Å². The first-order valence-corrected chi connectivity index (χ1v) is 11.7. The molecule has 148 valence electrons. The molecule has 0 aliphatic heterocycles. The fraction of sp³-hybridized carbons (Fsp3) is 0.231. The molecule has 2 aliphatic carbocycles. The SMILES string of the molecule is Cc1cc(S(=O)(=O)Cc2cccc3ccccc23)c2c(C)ccc(C(C)C)cc1-2. The van der Waals surface area contributed by atoms with Crippen LogP contribution in [-0.4, -0.2) is 8.42 Å². The molecule has 29 heavy (non-hydrogen) atoms. The van der Waals surface area contributed by atoms with Crippen molar-refractivity contribution in [3.05, 3.63) is 89.0 Å². The van der Waals surface area contributed by atoms with Crippen LogP contribution in [0.15, 0.2) is 71.6 Å². The summed E-state index contributed by atoms with van der Waals surface area (Å²) >= 11 is 0. The third-order valence-corrected chi connectivity index (χ3v) is 7.43. The molecule has 4 rings (SSSR count). The molecule has 0 radical (unpaired) electrons. The normalized spacial score (nSPS) is 12.2. The zero-order valence-electron chi connectivity index (χ0n) is 17.4. The summed E-state index contributed by atoms with van der Waals surface area (Å²) in [7, 11) is -3.50. The van der Waals surface area contributed by atoms with Gasteiger partial charge in [-0.1, -0.05) is 74.5 Å². The molecule has 0 bridgehead atoms. The molecular weight excluding hydrogens is 376 g/mol. The Balaban J connectivity index is 1.86. The lowest BCUT2D eigenvalue weighted by Crippen LogP contribution is -2.06. The maximum atomic E-state index is 13.5. The van der Waals surface area contributed by atoms with Gasteiger partial charge in [0.25, 0.3) is 0 Å². The van der Waals surface area contributed by atoms with Crippen molar-refractivity contribution in [3.63, 3.8) is 0 Å². The van der Waals surface area contributed by atoms with Gasteiger partial charge in [-0.15, -0.1) is 0 Å². The van der Waals surface area contributed by atoms with Gasteiger partial charge in [0.1, 0.15) is 0 Å². The van der Waals surface area contributed by atoms with Crippen LogP contribution in [0.4, 0.5) is 0 Å². The fourth-order valence-corrected chi connectivity index (χ4v) is 5.85. The van der Waals surface area contributed by atoms with Crippen molar-refractivity contribution in [2.45, 2.75) is 44.3 Å². The van der Waals surface area contributed by atoms with Crippen molar-refractivity contribution in [2.24, 2.45) is 0 Å². The van der Waals surface area contributed by atoms with Crippen LogP contribution in [0.25, 0.3) is 21.9 Å². The van der Waals surface area contributed by atoms with Gasteiger partial charge < -0.3 is 0 Å². The van der Waals surface area contributed by atoms with E-state index < -0.39 is 9.84 Å². The highest BCUT2D eigenvalue weighted by Gasteiger charge is 2.26. The van der Waals surface area contributed by atoms with E-state index in [2.05, 4.69) is 26.0 Å². The van der Waals surface area contributed by atoms with Gasteiger partial charge in [-0.2, -0.15) is 0 Å². The van der Waals surface area contributed by atoms with Crippen molar-refractivity contribution in [3.8, 4) is 11.1 Å². The Labute approximate surface area is 173 Å². The second-order valence-corrected chi connectivity index (χ2v) is 10.2. The third kappa shape index (κ3) is 3.56. The van der Waals surface area contributed by atoms with Gasteiger partial charge in [0.2, 0.25) is 0 Å². The molecule has 0 N–H and O–H groups in total. The quantitative estimate of drug-likeness (QED) is 0.382.